The Balaban J connectivity index is 2.10. The van der Waals surface area contributed by atoms with Crippen molar-refractivity contribution in [3.05, 3.63) is 40.4 Å². The summed E-state index contributed by atoms with van der Waals surface area (Å²) in [6, 6.07) is 6.25. The molecule has 1 unspecified atom stereocenters. The summed E-state index contributed by atoms with van der Waals surface area (Å²) in [5.41, 5.74) is 1.30. The summed E-state index contributed by atoms with van der Waals surface area (Å²) >= 11 is 3.54. The molecule has 0 amide bonds. The minimum Gasteiger partial charge on any atom is -0.486 e. The van der Waals surface area contributed by atoms with E-state index in [1.807, 2.05) is 6.07 Å². The Morgan fingerprint density at radius 1 is 1.35 bits per heavy atom. The minimum atomic E-state index is 0.102. The van der Waals surface area contributed by atoms with Gasteiger partial charge in [0.1, 0.15) is 11.9 Å². The fraction of sp³-hybridized carbons (Fsp3) is 0.529. The maximum absolute atomic E-state index is 6.16. The Kier molecular flexibility index (Phi) is 5.28. The zero-order valence-electron chi connectivity index (χ0n) is 12.6. The van der Waals surface area contributed by atoms with E-state index in [2.05, 4.69) is 66.3 Å². The lowest BCUT2D eigenvalue weighted by Crippen LogP contribution is -2.35. The van der Waals surface area contributed by atoms with Crippen LogP contribution in [0.1, 0.15) is 45.6 Å². The summed E-state index contributed by atoms with van der Waals surface area (Å²) in [7, 11) is 0. The van der Waals surface area contributed by atoms with Crippen molar-refractivity contribution in [1.82, 2.24) is 5.32 Å². The van der Waals surface area contributed by atoms with Crippen LogP contribution >= 0.6 is 15.9 Å². The van der Waals surface area contributed by atoms with Crippen LogP contribution < -0.4 is 10.1 Å². The highest BCUT2D eigenvalue weighted by molar-refractivity contribution is 9.10. The monoisotopic (exact) mass is 337 g/mol. The van der Waals surface area contributed by atoms with Gasteiger partial charge in [0.05, 0.1) is 0 Å². The van der Waals surface area contributed by atoms with E-state index >= 15 is 0 Å². The van der Waals surface area contributed by atoms with Gasteiger partial charge in [-0.15, -0.1) is 0 Å². The molecule has 0 spiro atoms. The first-order valence-electron chi connectivity index (χ1n) is 7.31. The highest BCUT2D eigenvalue weighted by atomic mass is 79.9. The zero-order chi connectivity index (χ0) is 14.6. The molecule has 2 nitrogen and oxygen atoms in total. The van der Waals surface area contributed by atoms with Gasteiger partial charge in [-0.25, -0.2) is 0 Å². The molecule has 110 valence electrons. The van der Waals surface area contributed by atoms with Gasteiger partial charge < -0.3 is 10.1 Å². The number of allylic oxidation sites excluding steroid dienone is 1. The predicted octanol–water partition coefficient (Wildman–Crippen LogP) is 4.82. The van der Waals surface area contributed by atoms with Crippen LogP contribution in [0, 0.1) is 0 Å². The maximum atomic E-state index is 6.16. The van der Waals surface area contributed by atoms with Crippen molar-refractivity contribution in [2.75, 3.05) is 0 Å². The highest BCUT2D eigenvalue weighted by Crippen LogP contribution is 2.26. The Morgan fingerprint density at radius 3 is 2.80 bits per heavy atom. The number of rotatable bonds is 4. The summed E-state index contributed by atoms with van der Waals surface area (Å²) in [4.78, 5) is 0. The van der Waals surface area contributed by atoms with Crippen LogP contribution in [0.15, 0.2) is 34.8 Å². The molecule has 0 aliphatic heterocycles. The minimum absolute atomic E-state index is 0.102. The molecule has 0 fully saturated rings. The summed E-state index contributed by atoms with van der Waals surface area (Å²) in [6.45, 7) is 7.34. The van der Waals surface area contributed by atoms with Gasteiger partial charge in [0.25, 0.3) is 0 Å². The molecule has 0 saturated carbocycles. The molecule has 1 aliphatic carbocycles. The van der Waals surface area contributed by atoms with E-state index in [1.165, 1.54) is 18.4 Å². The average molecular weight is 338 g/mol. The molecule has 0 heterocycles. The third-order valence-corrected chi connectivity index (χ3v) is 3.81. The normalized spacial score (nSPS) is 19.1. The van der Waals surface area contributed by atoms with Crippen molar-refractivity contribution in [2.45, 2.75) is 58.2 Å². The predicted molar refractivity (Wildman–Crippen MR) is 88.1 cm³/mol. The third-order valence-electron chi connectivity index (χ3n) is 3.32. The Labute approximate surface area is 130 Å². The largest absolute Gasteiger partial charge is 0.486 e. The number of hydrogen-bond donors (Lipinski definition) is 1. The van der Waals surface area contributed by atoms with E-state index in [1.54, 1.807) is 0 Å². The van der Waals surface area contributed by atoms with Crippen molar-refractivity contribution in [3.8, 4) is 5.75 Å². The fourth-order valence-electron chi connectivity index (χ4n) is 2.20. The molecule has 1 aliphatic rings. The second kappa shape index (κ2) is 6.77. The maximum Gasteiger partial charge on any atom is 0.124 e. The average Bonchev–Trinajstić information content (AvgIpc) is 2.39. The van der Waals surface area contributed by atoms with Gasteiger partial charge in [0.15, 0.2) is 0 Å². The molecule has 1 atom stereocenters. The van der Waals surface area contributed by atoms with Crippen molar-refractivity contribution in [3.63, 3.8) is 0 Å². The molecule has 1 aromatic rings. The van der Waals surface area contributed by atoms with Crippen LogP contribution in [0.3, 0.4) is 0 Å². The van der Waals surface area contributed by atoms with E-state index in [0.717, 1.165) is 23.2 Å². The van der Waals surface area contributed by atoms with E-state index in [9.17, 15) is 0 Å². The van der Waals surface area contributed by atoms with Gasteiger partial charge in [0.2, 0.25) is 0 Å². The first-order valence-corrected chi connectivity index (χ1v) is 8.10. The highest BCUT2D eigenvalue weighted by Gasteiger charge is 2.15. The molecular weight excluding hydrogens is 314 g/mol. The second-order valence-electron chi connectivity index (χ2n) is 6.37. The Morgan fingerprint density at radius 2 is 2.15 bits per heavy atom. The van der Waals surface area contributed by atoms with Gasteiger partial charge in [-0.3, -0.25) is 0 Å². The van der Waals surface area contributed by atoms with Crippen LogP contribution in [0.2, 0.25) is 0 Å². The Hall–Kier alpha value is -0.800. The van der Waals surface area contributed by atoms with Crippen molar-refractivity contribution in [2.24, 2.45) is 0 Å². The first-order chi connectivity index (χ1) is 9.44. The molecule has 1 aromatic carbocycles. The van der Waals surface area contributed by atoms with Crippen LogP contribution in [0.5, 0.6) is 5.75 Å². The molecule has 0 aromatic heterocycles. The molecule has 20 heavy (non-hydrogen) atoms. The lowest BCUT2D eigenvalue weighted by atomic mass is 10.0. The van der Waals surface area contributed by atoms with Crippen LogP contribution in [-0.2, 0) is 6.54 Å². The molecular formula is C17H24BrNO. The van der Waals surface area contributed by atoms with Crippen molar-refractivity contribution in [1.29, 1.82) is 0 Å². The van der Waals surface area contributed by atoms with Gasteiger partial charge >= 0.3 is 0 Å². The van der Waals surface area contributed by atoms with Gasteiger partial charge in [0, 0.05) is 22.1 Å². The smallest absolute Gasteiger partial charge is 0.124 e. The second-order valence-corrected chi connectivity index (χ2v) is 7.29. The topological polar surface area (TPSA) is 21.3 Å². The molecule has 0 saturated heterocycles. The third kappa shape index (κ3) is 4.95. The van der Waals surface area contributed by atoms with Crippen LogP contribution in [0.25, 0.3) is 0 Å². The van der Waals surface area contributed by atoms with E-state index < -0.39 is 0 Å². The summed E-state index contributed by atoms with van der Waals surface area (Å²) in [6.07, 6.45) is 8.13. The lowest BCUT2D eigenvalue weighted by Gasteiger charge is -2.24. The zero-order valence-corrected chi connectivity index (χ0v) is 14.2. The number of nitrogens with one attached hydrogen (secondary N) is 1. The summed E-state index contributed by atoms with van der Waals surface area (Å²) < 4.78 is 7.25. The quantitative estimate of drug-likeness (QED) is 0.795. The van der Waals surface area contributed by atoms with Crippen LogP contribution in [0.4, 0.5) is 0 Å². The summed E-state index contributed by atoms with van der Waals surface area (Å²) in [5.74, 6) is 0.988. The lowest BCUT2D eigenvalue weighted by molar-refractivity contribution is 0.226. The molecule has 1 N–H and O–H groups in total. The standard InChI is InChI=1S/C17H24BrNO/c1-17(2,3)19-12-13-11-14(18)9-10-16(13)20-15-7-5-4-6-8-15/h5,7,9-11,15,19H,4,6,8,12H2,1-3H3. The number of hydrogen-bond acceptors (Lipinski definition) is 2. The SMILES string of the molecule is CC(C)(C)NCc1cc(Br)ccc1OC1C=CCCC1. The number of halogens is 1. The van der Waals surface area contributed by atoms with Gasteiger partial charge in [-0.2, -0.15) is 0 Å². The first kappa shape index (κ1) is 15.6. The van der Waals surface area contributed by atoms with Gasteiger partial charge in [-0.1, -0.05) is 22.0 Å². The molecule has 2 rings (SSSR count). The van der Waals surface area contributed by atoms with E-state index in [0.29, 0.717) is 0 Å². The summed E-state index contributed by atoms with van der Waals surface area (Å²) in [5, 5.41) is 3.52. The van der Waals surface area contributed by atoms with Gasteiger partial charge in [-0.05, 0) is 64.3 Å². The Bertz CT molecular complexity index is 476. The number of ether oxygens (including phenoxy) is 1. The fourth-order valence-corrected chi connectivity index (χ4v) is 2.61. The van der Waals surface area contributed by atoms with E-state index in [4.69, 9.17) is 4.74 Å². The molecule has 3 heteroatoms. The van der Waals surface area contributed by atoms with Crippen LogP contribution in [-0.4, -0.2) is 11.6 Å². The van der Waals surface area contributed by atoms with Crippen molar-refractivity contribution < 1.29 is 4.74 Å². The van der Waals surface area contributed by atoms with E-state index in [-0.39, 0.29) is 11.6 Å². The molecule has 0 radical (unpaired) electrons. The molecule has 0 bridgehead atoms. The van der Waals surface area contributed by atoms with Crippen molar-refractivity contribution >= 4 is 15.9 Å². The number of benzene rings is 1.